The summed E-state index contributed by atoms with van der Waals surface area (Å²) in [6.45, 7) is 6.79. The molecule has 3 aromatic rings. The quantitative estimate of drug-likeness (QED) is 0.236. The number of H-pyrrole nitrogens is 1. The minimum atomic E-state index is -0.950. The van der Waals surface area contributed by atoms with E-state index in [1.165, 1.54) is 6.07 Å². The molecule has 6 aliphatic carbocycles. The normalized spacial score (nSPS) is 39.1. The SMILES string of the molecule is CC12CCC(O)CC13C=CC1(C(C(=O)Cc4c(F)cccc4Cl)=C3)C2CCC2(C)C1CCC2(O)CN1CCC(n2c(=O)[nH]c3ccccc32)CC1. The molecule has 9 heteroatoms. The highest BCUT2D eigenvalue weighted by atomic mass is 35.5. The first kappa shape index (κ1) is 33.8. The van der Waals surface area contributed by atoms with Crippen molar-refractivity contribution < 1.29 is 19.4 Å². The molecule has 270 valence electrons. The molecule has 51 heavy (non-hydrogen) atoms. The molecule has 4 fully saturated rings. The Hall–Kier alpha value is -3.04. The first-order valence-corrected chi connectivity index (χ1v) is 19.4. The number of rotatable bonds is 6. The van der Waals surface area contributed by atoms with Gasteiger partial charge in [-0.1, -0.05) is 61.9 Å². The summed E-state index contributed by atoms with van der Waals surface area (Å²) in [5, 5.41) is 24.1. The molecule has 7 nitrogen and oxygen atoms in total. The zero-order chi connectivity index (χ0) is 35.6. The first-order chi connectivity index (χ1) is 24.3. The molecule has 0 amide bonds. The molecule has 0 radical (unpaired) electrons. The van der Waals surface area contributed by atoms with Crippen molar-refractivity contribution in [2.75, 3.05) is 19.6 Å². The van der Waals surface area contributed by atoms with Crippen LogP contribution in [0.25, 0.3) is 11.0 Å². The minimum Gasteiger partial charge on any atom is -0.393 e. The van der Waals surface area contributed by atoms with Gasteiger partial charge in [0.25, 0.3) is 0 Å². The molecule has 2 heterocycles. The van der Waals surface area contributed by atoms with E-state index in [-0.39, 0.29) is 51.8 Å². The number of aromatic amines is 1. The molecule has 1 aliphatic heterocycles. The topological polar surface area (TPSA) is 98.6 Å². The van der Waals surface area contributed by atoms with Gasteiger partial charge in [0.2, 0.25) is 0 Å². The van der Waals surface area contributed by atoms with E-state index in [9.17, 15) is 19.8 Å². The Morgan fingerprint density at radius 3 is 2.47 bits per heavy atom. The number of allylic oxidation sites excluding steroid dienone is 4. The Bertz CT molecular complexity index is 2030. The number of piperidine rings is 1. The van der Waals surface area contributed by atoms with Crippen LogP contribution in [0.4, 0.5) is 4.39 Å². The number of ketones is 1. The summed E-state index contributed by atoms with van der Waals surface area (Å²) in [5.41, 5.74) is 0.139. The van der Waals surface area contributed by atoms with Crippen molar-refractivity contribution in [3.8, 4) is 0 Å². The number of aliphatic hydroxyl groups excluding tert-OH is 1. The monoisotopic (exact) mass is 713 g/mol. The second-order valence-corrected chi connectivity index (χ2v) is 17.8. The molecule has 10 rings (SSSR count). The molecule has 3 N–H and O–H groups in total. The summed E-state index contributed by atoms with van der Waals surface area (Å²) >= 11 is 6.48. The number of para-hydroxylation sites is 2. The number of imidazole rings is 1. The largest absolute Gasteiger partial charge is 0.393 e. The zero-order valence-corrected chi connectivity index (χ0v) is 30.4. The summed E-state index contributed by atoms with van der Waals surface area (Å²) in [7, 11) is 0. The third kappa shape index (κ3) is 4.58. The van der Waals surface area contributed by atoms with Gasteiger partial charge in [0.05, 0.1) is 22.7 Å². The lowest BCUT2D eigenvalue weighted by atomic mass is 9.32. The predicted molar refractivity (Wildman–Crippen MR) is 196 cm³/mol. The number of carbonyl (C=O) groups is 1. The van der Waals surface area contributed by atoms with Crippen LogP contribution in [0.15, 0.2) is 71.1 Å². The maximum atomic E-state index is 15.1. The van der Waals surface area contributed by atoms with Crippen molar-refractivity contribution in [2.45, 2.75) is 95.8 Å². The van der Waals surface area contributed by atoms with Crippen molar-refractivity contribution in [3.63, 3.8) is 0 Å². The van der Waals surface area contributed by atoms with Crippen LogP contribution in [-0.2, 0) is 11.2 Å². The molecule has 2 aromatic carbocycles. The smallest absolute Gasteiger partial charge is 0.326 e. The number of nitrogens with zero attached hydrogens (tertiary/aromatic N) is 2. The van der Waals surface area contributed by atoms with Gasteiger partial charge in [-0.3, -0.25) is 9.36 Å². The Kier molecular flexibility index (Phi) is 7.60. The van der Waals surface area contributed by atoms with Crippen LogP contribution in [-0.4, -0.2) is 61.8 Å². The van der Waals surface area contributed by atoms with E-state index in [1.807, 2.05) is 28.8 Å². The van der Waals surface area contributed by atoms with Gasteiger partial charge >= 0.3 is 5.69 Å². The lowest BCUT2D eigenvalue weighted by molar-refractivity contribution is -0.179. The lowest BCUT2D eigenvalue weighted by Crippen LogP contribution is -2.67. The molecular weight excluding hydrogens is 665 g/mol. The predicted octanol–water partition coefficient (Wildman–Crippen LogP) is 7.16. The van der Waals surface area contributed by atoms with E-state index < -0.39 is 33.8 Å². The Morgan fingerprint density at radius 1 is 0.961 bits per heavy atom. The fourth-order valence-electron chi connectivity index (χ4n) is 12.8. The third-order valence-electron chi connectivity index (χ3n) is 15.4. The summed E-state index contributed by atoms with van der Waals surface area (Å²) in [4.78, 5) is 33.0. The Labute approximate surface area is 303 Å². The number of carbonyl (C=O) groups excluding carboxylic acids is 1. The average molecular weight is 714 g/mol. The van der Waals surface area contributed by atoms with E-state index in [2.05, 4.69) is 42.0 Å². The van der Waals surface area contributed by atoms with Crippen molar-refractivity contribution >= 4 is 28.4 Å². The van der Waals surface area contributed by atoms with Gasteiger partial charge in [-0.05, 0) is 99.3 Å². The number of hydrogen-bond donors (Lipinski definition) is 3. The van der Waals surface area contributed by atoms with Crippen LogP contribution in [0.5, 0.6) is 0 Å². The molecule has 2 spiro atoms. The number of aliphatic hydroxyl groups is 2. The van der Waals surface area contributed by atoms with Gasteiger partial charge in [0.1, 0.15) is 5.82 Å². The highest BCUT2D eigenvalue weighted by Gasteiger charge is 2.74. The van der Waals surface area contributed by atoms with Crippen molar-refractivity contribution in [1.82, 2.24) is 14.5 Å². The van der Waals surface area contributed by atoms with Gasteiger partial charge in [-0.25, -0.2) is 9.18 Å². The van der Waals surface area contributed by atoms with E-state index in [0.717, 1.165) is 74.6 Å². The second-order valence-electron chi connectivity index (χ2n) is 17.4. The summed E-state index contributed by atoms with van der Waals surface area (Å²) in [6, 6.07) is 12.5. The van der Waals surface area contributed by atoms with Crippen LogP contribution in [0, 0.1) is 39.3 Å². The summed E-state index contributed by atoms with van der Waals surface area (Å²) < 4.78 is 17.0. The van der Waals surface area contributed by atoms with E-state index >= 15 is 4.39 Å². The van der Waals surface area contributed by atoms with Gasteiger partial charge < -0.3 is 20.1 Å². The number of benzene rings is 2. The molecule has 7 aliphatic rings. The number of Topliss-reactive ketones (excluding diaryl/α,β-unsaturated/α-hetero) is 1. The maximum Gasteiger partial charge on any atom is 0.326 e. The molecule has 1 aromatic heterocycles. The highest BCUT2D eigenvalue weighted by molar-refractivity contribution is 6.31. The highest BCUT2D eigenvalue weighted by Crippen LogP contribution is 2.78. The van der Waals surface area contributed by atoms with E-state index in [1.54, 1.807) is 12.1 Å². The standard InChI is InChI=1S/C42H49ClFN3O4/c1-38-15-10-27(48)23-40(38)18-19-42(29(24-40)34(49)22-28-30(43)6-5-7-31(28)44)35(38)11-16-39(2)36(42)12-17-41(39,51)25-46-20-13-26(14-21-46)47-33-9-4-3-8-32(33)45-37(47)50/h3-9,18-19,24,26-27,35-36,48,51H,10-17,20-23,25H2,1-2H3,(H,45,50). The Balaban J connectivity index is 1.03. The average Bonchev–Trinajstić information content (AvgIpc) is 3.58. The zero-order valence-electron chi connectivity index (χ0n) is 29.6. The minimum absolute atomic E-state index is 0.0283. The van der Waals surface area contributed by atoms with Crippen molar-refractivity contribution in [3.05, 3.63) is 93.2 Å². The van der Waals surface area contributed by atoms with E-state index in [4.69, 9.17) is 11.6 Å². The third-order valence-corrected chi connectivity index (χ3v) is 15.8. The lowest BCUT2D eigenvalue weighted by Gasteiger charge is -2.71. The molecular formula is C42H49ClFN3O4. The molecule has 3 saturated carbocycles. The number of aromatic nitrogens is 2. The van der Waals surface area contributed by atoms with Crippen LogP contribution in [0.1, 0.15) is 83.2 Å². The van der Waals surface area contributed by atoms with Gasteiger partial charge in [-0.15, -0.1) is 0 Å². The van der Waals surface area contributed by atoms with Gasteiger partial charge in [0, 0.05) is 64.5 Å². The number of hydrogen-bond acceptors (Lipinski definition) is 5. The van der Waals surface area contributed by atoms with Crippen LogP contribution >= 0.6 is 11.6 Å². The number of likely N-dealkylation sites (tertiary alicyclic amines) is 1. The van der Waals surface area contributed by atoms with Crippen LogP contribution in [0.3, 0.4) is 0 Å². The van der Waals surface area contributed by atoms with E-state index in [0.29, 0.717) is 19.4 Å². The van der Waals surface area contributed by atoms with Crippen LogP contribution < -0.4 is 5.69 Å². The number of β-amino-alcohol motifs (C(OH)–C–C–N with tert-alkyl or cyclic N) is 1. The number of fused-ring (bicyclic) bond motifs is 2. The van der Waals surface area contributed by atoms with Gasteiger partial charge in [-0.2, -0.15) is 0 Å². The molecule has 1 saturated heterocycles. The number of nitrogens with one attached hydrogen (secondary N) is 1. The Morgan fingerprint density at radius 2 is 1.69 bits per heavy atom. The molecule has 2 bridgehead atoms. The van der Waals surface area contributed by atoms with Gasteiger partial charge in [0.15, 0.2) is 5.78 Å². The fourth-order valence-corrected chi connectivity index (χ4v) is 13.0. The first-order valence-electron chi connectivity index (χ1n) is 19.1. The second kappa shape index (κ2) is 11.5. The number of halogens is 2. The van der Waals surface area contributed by atoms with Crippen molar-refractivity contribution in [2.24, 2.45) is 33.5 Å². The summed E-state index contributed by atoms with van der Waals surface area (Å²) in [6.07, 6.45) is 13.3. The molecule has 8 atom stereocenters. The molecule has 8 unspecified atom stereocenters. The fraction of sp³-hybridized carbons (Fsp3) is 0.571. The summed E-state index contributed by atoms with van der Waals surface area (Å²) in [5.74, 6) is -0.374. The maximum absolute atomic E-state index is 15.1. The van der Waals surface area contributed by atoms with Crippen LogP contribution in [0.2, 0.25) is 5.02 Å². The van der Waals surface area contributed by atoms with Crippen molar-refractivity contribution in [1.29, 1.82) is 0 Å².